The molecule has 0 aliphatic rings. The van der Waals surface area contributed by atoms with Gasteiger partial charge in [-0.1, -0.05) is 99.8 Å². The maximum atomic E-state index is 9.19. The zero-order valence-corrected chi connectivity index (χ0v) is 40.1. The van der Waals surface area contributed by atoms with Gasteiger partial charge in [-0.25, -0.2) is 0 Å². The lowest BCUT2D eigenvalue weighted by Gasteiger charge is -2.15. The summed E-state index contributed by atoms with van der Waals surface area (Å²) in [6, 6.07) is 33.8. The minimum absolute atomic E-state index is 0. The summed E-state index contributed by atoms with van der Waals surface area (Å²) < 4.78 is 78.6. The van der Waals surface area contributed by atoms with Gasteiger partial charge in [-0.05, 0) is 180 Å². The van der Waals surface area contributed by atoms with Gasteiger partial charge in [0, 0.05) is 18.9 Å². The number of hydrogen-bond acceptors (Lipinski definition) is 8. The average molecular weight is 914 g/mol. The van der Waals surface area contributed by atoms with E-state index in [9.17, 15) is 8.42 Å². The summed E-state index contributed by atoms with van der Waals surface area (Å²) in [5.41, 5.74) is 18.2. The summed E-state index contributed by atoms with van der Waals surface area (Å²) in [5, 5.41) is 2.67. The number of nitrogens with zero attached hydrogens (tertiary/aromatic N) is 1. The Morgan fingerprint density at radius 3 is 0.774 bits per heavy atom. The van der Waals surface area contributed by atoms with Crippen LogP contribution in [0.1, 0.15) is 87.3 Å². The molecule has 0 atom stereocenters. The van der Waals surface area contributed by atoms with Crippen LogP contribution in [0.15, 0.2) is 103 Å². The lowest BCUT2D eigenvalue weighted by Crippen LogP contribution is -1.98. The monoisotopic (exact) mass is 913 g/mol. The maximum absolute atomic E-state index is 9.19. The second kappa shape index (κ2) is 32.5. The normalized spacial score (nSPS) is 9.23. The molecule has 1 N–H and O–H groups in total. The SMILES string of the molecule is C.C.CS(=O)(=O)O.Cc1c(C)c(C)c(C)c(C)c1C.Cc1cc2ccccc2cc1C.Cc1ccccc1C.Cc1ccccc1C.Cc1cccn1C.O=S(=O)=O.O=S(=O)=O. The Labute approximate surface area is 377 Å². The molecule has 0 radical (unpaired) electrons. The number of aryl methyl sites for hydroxylation is 8. The Morgan fingerprint density at radius 2 is 0.629 bits per heavy atom. The molecule has 62 heavy (non-hydrogen) atoms. The van der Waals surface area contributed by atoms with Crippen LogP contribution in [-0.4, -0.2) is 49.0 Å². The Kier molecular flexibility index (Phi) is 33.2. The van der Waals surface area contributed by atoms with Gasteiger partial charge in [0.2, 0.25) is 0 Å². The van der Waals surface area contributed by atoms with Crippen molar-refractivity contribution in [1.82, 2.24) is 4.57 Å². The minimum Gasteiger partial charge on any atom is -0.355 e. The molecule has 0 aliphatic carbocycles. The van der Waals surface area contributed by atoms with Crippen molar-refractivity contribution in [2.24, 2.45) is 7.05 Å². The van der Waals surface area contributed by atoms with E-state index in [0.717, 1.165) is 0 Å². The van der Waals surface area contributed by atoms with E-state index in [1.807, 2.05) is 19.3 Å². The lowest BCUT2D eigenvalue weighted by molar-refractivity contribution is 0.490. The first-order valence-corrected chi connectivity index (χ1v) is 22.5. The zero-order valence-electron chi connectivity index (χ0n) is 37.7. The molecule has 1 aromatic heterocycles. The quantitative estimate of drug-likeness (QED) is 0.146. The lowest BCUT2D eigenvalue weighted by atomic mass is 9.90. The fourth-order valence-electron chi connectivity index (χ4n) is 5.03. The van der Waals surface area contributed by atoms with E-state index in [0.29, 0.717) is 6.26 Å². The van der Waals surface area contributed by atoms with Gasteiger partial charge in [0.15, 0.2) is 0 Å². The van der Waals surface area contributed by atoms with E-state index in [1.54, 1.807) is 0 Å². The van der Waals surface area contributed by atoms with Crippen LogP contribution in [0.25, 0.3) is 10.8 Å². The largest absolute Gasteiger partial charge is 0.425 e. The van der Waals surface area contributed by atoms with Crippen molar-refractivity contribution in [2.75, 3.05) is 6.26 Å². The van der Waals surface area contributed by atoms with Crippen LogP contribution in [-0.2, 0) is 38.4 Å². The Hall–Kier alpha value is -5.21. The predicted octanol–water partition coefficient (Wildman–Crippen LogP) is 11.7. The summed E-state index contributed by atoms with van der Waals surface area (Å²) in [7, 11) is -7.85. The second-order valence-corrected chi connectivity index (χ2v) is 16.4. The van der Waals surface area contributed by atoms with Gasteiger partial charge in [0.1, 0.15) is 0 Å². The highest BCUT2D eigenvalue weighted by Crippen LogP contribution is 2.24. The van der Waals surface area contributed by atoms with E-state index < -0.39 is 31.3 Å². The number of rotatable bonds is 0. The van der Waals surface area contributed by atoms with Crippen molar-refractivity contribution in [3.05, 3.63) is 176 Å². The Morgan fingerprint density at radius 1 is 0.419 bits per heavy atom. The van der Waals surface area contributed by atoms with Crippen molar-refractivity contribution in [3.8, 4) is 0 Å². The highest BCUT2D eigenvalue weighted by atomic mass is 32.2. The van der Waals surface area contributed by atoms with Crippen molar-refractivity contribution < 1.29 is 38.2 Å². The van der Waals surface area contributed by atoms with E-state index in [1.165, 1.54) is 83.2 Å². The molecule has 5 aromatic carbocycles. The van der Waals surface area contributed by atoms with Crippen LogP contribution in [0.5, 0.6) is 0 Å². The van der Waals surface area contributed by atoms with E-state index in [2.05, 4.69) is 186 Å². The Bertz CT molecular complexity index is 2300. The second-order valence-electron chi connectivity index (χ2n) is 14.1. The zero-order chi connectivity index (χ0) is 46.9. The highest BCUT2D eigenvalue weighted by Gasteiger charge is 2.07. The molecule has 6 rings (SSSR count). The van der Waals surface area contributed by atoms with Gasteiger partial charge in [-0.3, -0.25) is 4.55 Å². The first kappa shape index (κ1) is 63.4. The van der Waals surface area contributed by atoms with Crippen LogP contribution in [0.3, 0.4) is 0 Å². The molecule has 0 unspecified atom stereocenters. The third kappa shape index (κ3) is 29.1. The van der Waals surface area contributed by atoms with Crippen molar-refractivity contribution in [1.29, 1.82) is 0 Å². The molecule has 0 saturated carbocycles. The standard InChI is InChI=1S/C12H12.C12H18.2C8H10.C6H9N.CH4O3S.2CH4.2O3S/c1-9-7-11-5-3-4-6-12(11)8-10(9)2;1-7-8(2)10(4)12(6)11(5)9(7)3;2*1-7-5-3-4-6-8(7)2;1-6-4-3-5-7(6)2;1-5(2,3)4;;;2*1-4(2)3/h3-8H,1-2H3;1-6H3;2*3-6H,1-2H3;3-5H,1-2H3;1H3,(H,2,3,4);2*1H4;;. The molecule has 0 fully saturated rings. The van der Waals surface area contributed by atoms with E-state index in [4.69, 9.17) is 29.8 Å². The van der Waals surface area contributed by atoms with Gasteiger partial charge >= 0.3 is 21.2 Å². The number of fused-ring (bicyclic) bond motifs is 1. The van der Waals surface area contributed by atoms with Gasteiger partial charge in [-0.15, -0.1) is 25.3 Å². The van der Waals surface area contributed by atoms with Crippen LogP contribution in [0.4, 0.5) is 0 Å². The van der Waals surface area contributed by atoms with Crippen LogP contribution in [0.2, 0.25) is 0 Å². The average Bonchev–Trinajstić information content (AvgIpc) is 3.53. The molecule has 0 amide bonds. The molecule has 6 aromatic rings. The number of hydrogen-bond donors (Lipinski definition) is 1. The summed E-state index contributed by atoms with van der Waals surface area (Å²) in [4.78, 5) is 0. The number of benzene rings is 5. The fraction of sp³-hybridized carbons (Fsp3) is 0.347. The summed E-state index contributed by atoms with van der Waals surface area (Å²) in [6.45, 7) is 28.1. The molecular formula is C49H71NO9S3. The smallest absolute Gasteiger partial charge is 0.355 e. The molecule has 13 heteroatoms. The van der Waals surface area contributed by atoms with Crippen molar-refractivity contribution >= 4 is 42.1 Å². The predicted molar refractivity (Wildman–Crippen MR) is 261 cm³/mol. The molecule has 0 spiro atoms. The van der Waals surface area contributed by atoms with Crippen LogP contribution < -0.4 is 0 Å². The Balaban J connectivity index is -0.000000318. The third-order valence-corrected chi connectivity index (χ3v) is 9.79. The third-order valence-electron chi connectivity index (χ3n) is 9.79. The van der Waals surface area contributed by atoms with Gasteiger partial charge in [-0.2, -0.15) is 8.42 Å². The number of aromatic nitrogens is 1. The molecule has 10 nitrogen and oxygen atoms in total. The summed E-state index contributed by atoms with van der Waals surface area (Å²) >= 11 is 0. The molecule has 0 aliphatic heterocycles. The first-order valence-electron chi connectivity index (χ1n) is 18.7. The minimum atomic E-state index is -3.67. The van der Waals surface area contributed by atoms with Gasteiger partial charge in [0.25, 0.3) is 10.1 Å². The maximum Gasteiger partial charge on any atom is 0.425 e. The molecule has 344 valence electrons. The van der Waals surface area contributed by atoms with E-state index in [-0.39, 0.29) is 14.9 Å². The molecule has 1 heterocycles. The highest BCUT2D eigenvalue weighted by molar-refractivity contribution is 7.85. The fourth-order valence-corrected chi connectivity index (χ4v) is 5.03. The van der Waals surface area contributed by atoms with E-state index >= 15 is 0 Å². The molecule has 0 bridgehead atoms. The van der Waals surface area contributed by atoms with Crippen molar-refractivity contribution in [3.63, 3.8) is 0 Å². The van der Waals surface area contributed by atoms with Crippen molar-refractivity contribution in [2.45, 2.75) is 105 Å². The van der Waals surface area contributed by atoms with Gasteiger partial charge < -0.3 is 4.57 Å². The van der Waals surface area contributed by atoms with Gasteiger partial charge in [0.05, 0.1) is 6.26 Å². The summed E-state index contributed by atoms with van der Waals surface area (Å²) in [5.74, 6) is 0. The first-order chi connectivity index (χ1) is 27.6. The van der Waals surface area contributed by atoms with Crippen LogP contribution >= 0.6 is 0 Å². The summed E-state index contributed by atoms with van der Waals surface area (Å²) in [6.07, 6.45) is 2.75. The topological polar surface area (TPSA) is 162 Å². The van der Waals surface area contributed by atoms with Crippen LogP contribution in [0, 0.1) is 90.0 Å². The molecular weight excluding hydrogens is 843 g/mol. The molecule has 0 saturated heterocycles.